The van der Waals surface area contributed by atoms with Crippen molar-refractivity contribution in [2.24, 2.45) is 0 Å². The lowest BCUT2D eigenvalue weighted by Gasteiger charge is -2.05. The summed E-state index contributed by atoms with van der Waals surface area (Å²) in [5.41, 5.74) is 1.69. The average molecular weight is 289 g/mol. The van der Waals surface area contributed by atoms with Crippen LogP contribution in [0.4, 0.5) is 5.00 Å². The molecule has 0 bridgehead atoms. The lowest BCUT2D eigenvalue weighted by molar-refractivity contribution is -0.115. The van der Waals surface area contributed by atoms with E-state index in [-0.39, 0.29) is 11.5 Å². The second-order valence-electron chi connectivity index (χ2n) is 4.31. The SMILES string of the molecule is CCC(=O)Nc1sc(C)c(-c2ccccc2)c1C(=O)O. The summed E-state index contributed by atoms with van der Waals surface area (Å²) in [6.45, 7) is 3.59. The molecule has 104 valence electrons. The van der Waals surface area contributed by atoms with E-state index in [0.717, 1.165) is 10.4 Å². The Morgan fingerprint density at radius 1 is 1.25 bits per heavy atom. The van der Waals surface area contributed by atoms with Gasteiger partial charge in [-0.3, -0.25) is 4.79 Å². The fourth-order valence-electron chi connectivity index (χ4n) is 2.00. The molecule has 2 rings (SSSR count). The maximum Gasteiger partial charge on any atom is 0.339 e. The van der Waals surface area contributed by atoms with Crippen LogP contribution in [0.1, 0.15) is 28.6 Å². The lowest BCUT2D eigenvalue weighted by Crippen LogP contribution is -2.11. The molecule has 1 aromatic heterocycles. The van der Waals surface area contributed by atoms with Crippen LogP contribution in [-0.4, -0.2) is 17.0 Å². The number of amides is 1. The fourth-order valence-corrected chi connectivity index (χ4v) is 3.09. The molecule has 2 N–H and O–H groups in total. The number of carbonyl (C=O) groups is 2. The van der Waals surface area contributed by atoms with Gasteiger partial charge in [-0.15, -0.1) is 11.3 Å². The van der Waals surface area contributed by atoms with E-state index in [2.05, 4.69) is 5.32 Å². The molecule has 0 aliphatic heterocycles. The second kappa shape index (κ2) is 5.88. The fraction of sp³-hybridized carbons (Fsp3) is 0.200. The number of benzene rings is 1. The minimum atomic E-state index is -1.03. The minimum Gasteiger partial charge on any atom is -0.478 e. The van der Waals surface area contributed by atoms with Gasteiger partial charge in [0.05, 0.1) is 0 Å². The van der Waals surface area contributed by atoms with Gasteiger partial charge < -0.3 is 10.4 Å². The summed E-state index contributed by atoms with van der Waals surface area (Å²) >= 11 is 1.30. The first kappa shape index (κ1) is 14.3. The van der Waals surface area contributed by atoms with Gasteiger partial charge in [0.1, 0.15) is 10.6 Å². The van der Waals surface area contributed by atoms with E-state index in [9.17, 15) is 14.7 Å². The number of aryl methyl sites for hydroxylation is 1. The van der Waals surface area contributed by atoms with Crippen molar-refractivity contribution in [2.45, 2.75) is 20.3 Å². The van der Waals surface area contributed by atoms with Crippen molar-refractivity contribution < 1.29 is 14.7 Å². The van der Waals surface area contributed by atoms with E-state index in [4.69, 9.17) is 0 Å². The molecule has 1 heterocycles. The molecule has 0 saturated heterocycles. The van der Waals surface area contributed by atoms with Gasteiger partial charge in [-0.2, -0.15) is 0 Å². The number of carboxylic acids is 1. The third kappa shape index (κ3) is 2.72. The molecule has 0 atom stereocenters. The third-order valence-electron chi connectivity index (χ3n) is 2.93. The standard InChI is InChI=1S/C15H15NO3S/c1-3-11(17)16-14-13(15(18)19)12(9(2)20-14)10-7-5-4-6-8-10/h4-8H,3H2,1-2H3,(H,16,17)(H,18,19). The first-order chi connectivity index (χ1) is 9.54. The summed E-state index contributed by atoms with van der Waals surface area (Å²) in [7, 11) is 0. The van der Waals surface area contributed by atoms with Crippen LogP contribution < -0.4 is 5.32 Å². The maximum atomic E-state index is 11.6. The van der Waals surface area contributed by atoms with Crippen LogP contribution >= 0.6 is 11.3 Å². The van der Waals surface area contributed by atoms with Crippen LogP contribution in [-0.2, 0) is 4.79 Å². The Balaban J connectivity index is 2.57. The molecular formula is C15H15NO3S. The Kier molecular flexibility index (Phi) is 4.20. The molecule has 0 spiro atoms. The predicted octanol–water partition coefficient (Wildman–Crippen LogP) is 3.77. The topological polar surface area (TPSA) is 66.4 Å². The van der Waals surface area contributed by atoms with Crippen LogP contribution in [0.5, 0.6) is 0 Å². The molecule has 1 amide bonds. The average Bonchev–Trinajstić information content (AvgIpc) is 2.76. The molecule has 0 aliphatic rings. The zero-order valence-corrected chi connectivity index (χ0v) is 12.1. The summed E-state index contributed by atoms with van der Waals surface area (Å²) in [6.07, 6.45) is 0.316. The van der Waals surface area contributed by atoms with Crippen LogP contribution in [0.25, 0.3) is 11.1 Å². The molecule has 2 aromatic rings. The Morgan fingerprint density at radius 3 is 2.45 bits per heavy atom. The summed E-state index contributed by atoms with van der Waals surface area (Å²) in [6, 6.07) is 9.34. The Labute approximate surface area is 121 Å². The van der Waals surface area contributed by atoms with Crippen molar-refractivity contribution in [1.29, 1.82) is 0 Å². The van der Waals surface area contributed by atoms with Crippen molar-refractivity contribution in [2.75, 3.05) is 5.32 Å². The number of thiophene rings is 1. The summed E-state index contributed by atoms with van der Waals surface area (Å²) < 4.78 is 0. The Hall–Kier alpha value is -2.14. The molecule has 20 heavy (non-hydrogen) atoms. The highest BCUT2D eigenvalue weighted by atomic mass is 32.1. The molecule has 0 fully saturated rings. The normalized spacial score (nSPS) is 10.3. The molecular weight excluding hydrogens is 274 g/mol. The molecule has 0 radical (unpaired) electrons. The molecule has 0 saturated carbocycles. The number of hydrogen-bond acceptors (Lipinski definition) is 3. The highest BCUT2D eigenvalue weighted by Gasteiger charge is 2.23. The first-order valence-corrected chi connectivity index (χ1v) is 7.08. The van der Waals surface area contributed by atoms with Crippen LogP contribution in [0.2, 0.25) is 0 Å². The van der Waals surface area contributed by atoms with Gasteiger partial charge in [-0.25, -0.2) is 4.79 Å². The van der Waals surface area contributed by atoms with E-state index >= 15 is 0 Å². The number of carbonyl (C=O) groups excluding carboxylic acids is 1. The molecule has 5 heteroatoms. The van der Waals surface area contributed by atoms with Crippen LogP contribution in [0.3, 0.4) is 0 Å². The van der Waals surface area contributed by atoms with E-state index in [1.54, 1.807) is 6.92 Å². The first-order valence-electron chi connectivity index (χ1n) is 6.26. The number of rotatable bonds is 4. The zero-order chi connectivity index (χ0) is 14.7. The van der Waals surface area contributed by atoms with Crippen molar-refractivity contribution in [1.82, 2.24) is 0 Å². The highest BCUT2D eigenvalue weighted by molar-refractivity contribution is 7.17. The number of anilines is 1. The number of carboxylic acid groups (broad SMARTS) is 1. The third-order valence-corrected chi connectivity index (χ3v) is 3.96. The lowest BCUT2D eigenvalue weighted by atomic mass is 10.0. The predicted molar refractivity (Wildman–Crippen MR) is 80.4 cm³/mol. The minimum absolute atomic E-state index is 0.167. The molecule has 0 unspecified atom stereocenters. The van der Waals surface area contributed by atoms with E-state index in [0.29, 0.717) is 17.0 Å². The quantitative estimate of drug-likeness (QED) is 0.900. The molecule has 0 aliphatic carbocycles. The van der Waals surface area contributed by atoms with Crippen molar-refractivity contribution in [3.05, 3.63) is 40.8 Å². The van der Waals surface area contributed by atoms with Crippen molar-refractivity contribution in [3.8, 4) is 11.1 Å². The van der Waals surface area contributed by atoms with Crippen LogP contribution in [0, 0.1) is 6.92 Å². The van der Waals surface area contributed by atoms with Gasteiger partial charge in [0.25, 0.3) is 0 Å². The van der Waals surface area contributed by atoms with Gasteiger partial charge in [0.15, 0.2) is 0 Å². The number of aromatic carboxylic acids is 1. The van der Waals surface area contributed by atoms with Gasteiger partial charge >= 0.3 is 5.97 Å². The summed E-state index contributed by atoms with van der Waals surface area (Å²) in [4.78, 5) is 23.9. The monoisotopic (exact) mass is 289 g/mol. The van der Waals surface area contributed by atoms with Crippen molar-refractivity contribution in [3.63, 3.8) is 0 Å². The largest absolute Gasteiger partial charge is 0.478 e. The van der Waals surface area contributed by atoms with Gasteiger partial charge in [-0.1, -0.05) is 37.3 Å². The summed E-state index contributed by atoms with van der Waals surface area (Å²) in [5, 5.41) is 12.5. The van der Waals surface area contributed by atoms with E-state index in [1.807, 2.05) is 37.3 Å². The van der Waals surface area contributed by atoms with Crippen LogP contribution in [0.15, 0.2) is 30.3 Å². The summed E-state index contributed by atoms with van der Waals surface area (Å²) in [5.74, 6) is -1.21. The van der Waals surface area contributed by atoms with E-state index < -0.39 is 5.97 Å². The Bertz CT molecular complexity index is 647. The highest BCUT2D eigenvalue weighted by Crippen LogP contribution is 2.39. The number of nitrogens with one attached hydrogen (secondary N) is 1. The van der Waals surface area contributed by atoms with E-state index in [1.165, 1.54) is 11.3 Å². The van der Waals surface area contributed by atoms with Gasteiger partial charge in [0, 0.05) is 16.9 Å². The van der Waals surface area contributed by atoms with Gasteiger partial charge in [0.2, 0.25) is 5.91 Å². The molecule has 4 nitrogen and oxygen atoms in total. The zero-order valence-electron chi connectivity index (χ0n) is 11.3. The second-order valence-corrected chi connectivity index (χ2v) is 5.54. The Morgan fingerprint density at radius 2 is 1.90 bits per heavy atom. The smallest absolute Gasteiger partial charge is 0.339 e. The van der Waals surface area contributed by atoms with Gasteiger partial charge in [-0.05, 0) is 12.5 Å². The molecule has 1 aromatic carbocycles. The van der Waals surface area contributed by atoms with Crippen molar-refractivity contribution >= 4 is 28.2 Å². The maximum absolute atomic E-state index is 11.6. The number of hydrogen-bond donors (Lipinski definition) is 2.